The molecule has 1 heteroatoms. The molecule has 1 N–H and O–H groups in total. The second-order valence-corrected chi connectivity index (χ2v) is 5.24. The van der Waals surface area contributed by atoms with Crippen molar-refractivity contribution in [2.24, 2.45) is 5.92 Å². The van der Waals surface area contributed by atoms with Crippen LogP contribution < -0.4 is 5.32 Å². The molecule has 0 amide bonds. The lowest BCUT2D eigenvalue weighted by molar-refractivity contribution is 0.356. The summed E-state index contributed by atoms with van der Waals surface area (Å²) < 4.78 is 0. The van der Waals surface area contributed by atoms with Crippen LogP contribution in [0.4, 0.5) is 0 Å². The van der Waals surface area contributed by atoms with E-state index in [1.807, 2.05) is 0 Å². The summed E-state index contributed by atoms with van der Waals surface area (Å²) >= 11 is 0. The second-order valence-electron chi connectivity index (χ2n) is 5.24. The Bertz CT molecular complexity index is 313. The summed E-state index contributed by atoms with van der Waals surface area (Å²) in [4.78, 5) is 0. The Morgan fingerprint density at radius 2 is 1.59 bits per heavy atom. The zero-order valence-corrected chi connectivity index (χ0v) is 12.0. The summed E-state index contributed by atoms with van der Waals surface area (Å²) in [6.45, 7) is 11.3. The van der Waals surface area contributed by atoms with E-state index in [1.165, 1.54) is 17.5 Å². The lowest BCUT2D eigenvalue weighted by atomic mass is 9.98. The SMILES string of the molecule is CCc1ccc(C(C)NC(CC)C(C)C)cc1. The highest BCUT2D eigenvalue weighted by Gasteiger charge is 2.14. The fraction of sp³-hybridized carbons (Fsp3) is 0.625. The normalized spacial score (nSPS) is 14.9. The summed E-state index contributed by atoms with van der Waals surface area (Å²) in [7, 11) is 0. The van der Waals surface area contributed by atoms with Gasteiger partial charge in [0.1, 0.15) is 0 Å². The Kier molecular flexibility index (Phi) is 5.70. The Hall–Kier alpha value is -0.820. The molecule has 0 aromatic heterocycles. The van der Waals surface area contributed by atoms with Gasteiger partial charge in [0.25, 0.3) is 0 Å². The molecule has 2 unspecified atom stereocenters. The first-order valence-corrected chi connectivity index (χ1v) is 6.93. The molecule has 0 fully saturated rings. The molecule has 0 heterocycles. The molecule has 2 atom stereocenters. The highest BCUT2D eigenvalue weighted by atomic mass is 14.9. The molecule has 1 rings (SSSR count). The predicted molar refractivity (Wildman–Crippen MR) is 76.3 cm³/mol. The monoisotopic (exact) mass is 233 g/mol. The van der Waals surface area contributed by atoms with E-state index >= 15 is 0 Å². The van der Waals surface area contributed by atoms with Crippen molar-refractivity contribution in [2.75, 3.05) is 0 Å². The Balaban J connectivity index is 2.65. The van der Waals surface area contributed by atoms with Gasteiger partial charge in [0, 0.05) is 12.1 Å². The van der Waals surface area contributed by atoms with Gasteiger partial charge in [0.15, 0.2) is 0 Å². The van der Waals surface area contributed by atoms with Gasteiger partial charge in [-0.1, -0.05) is 52.0 Å². The predicted octanol–water partition coefficient (Wildman–Crippen LogP) is 4.33. The molecule has 0 saturated heterocycles. The Morgan fingerprint density at radius 1 is 1.00 bits per heavy atom. The van der Waals surface area contributed by atoms with Crippen LogP contribution in [0.25, 0.3) is 0 Å². The maximum Gasteiger partial charge on any atom is 0.0294 e. The molecule has 0 bridgehead atoms. The molecule has 0 saturated carbocycles. The third kappa shape index (κ3) is 4.16. The number of hydrogen-bond acceptors (Lipinski definition) is 1. The quantitative estimate of drug-likeness (QED) is 0.771. The molecule has 0 aliphatic rings. The van der Waals surface area contributed by atoms with Crippen molar-refractivity contribution in [2.45, 2.75) is 59.5 Å². The van der Waals surface area contributed by atoms with Gasteiger partial charge in [-0.2, -0.15) is 0 Å². The minimum Gasteiger partial charge on any atom is -0.307 e. The van der Waals surface area contributed by atoms with E-state index in [9.17, 15) is 0 Å². The lowest BCUT2D eigenvalue weighted by Crippen LogP contribution is -2.35. The van der Waals surface area contributed by atoms with Crippen molar-refractivity contribution in [3.05, 3.63) is 35.4 Å². The lowest BCUT2D eigenvalue weighted by Gasteiger charge is -2.25. The Morgan fingerprint density at radius 3 is 2.00 bits per heavy atom. The van der Waals surface area contributed by atoms with Crippen molar-refractivity contribution >= 4 is 0 Å². The maximum absolute atomic E-state index is 3.72. The number of rotatable bonds is 6. The first-order valence-electron chi connectivity index (χ1n) is 6.93. The van der Waals surface area contributed by atoms with E-state index in [-0.39, 0.29) is 0 Å². The number of hydrogen-bond donors (Lipinski definition) is 1. The Labute approximate surface area is 107 Å². The van der Waals surface area contributed by atoms with Crippen molar-refractivity contribution < 1.29 is 0 Å². The minimum atomic E-state index is 0.438. The first-order chi connectivity index (χ1) is 8.08. The fourth-order valence-electron chi connectivity index (χ4n) is 2.24. The number of nitrogens with one attached hydrogen (secondary N) is 1. The number of benzene rings is 1. The van der Waals surface area contributed by atoms with Gasteiger partial charge in [-0.3, -0.25) is 0 Å². The van der Waals surface area contributed by atoms with Crippen LogP contribution in [-0.4, -0.2) is 6.04 Å². The highest BCUT2D eigenvalue weighted by molar-refractivity contribution is 5.24. The average molecular weight is 233 g/mol. The van der Waals surface area contributed by atoms with Crippen molar-refractivity contribution in [3.63, 3.8) is 0 Å². The van der Waals surface area contributed by atoms with E-state index in [4.69, 9.17) is 0 Å². The zero-order chi connectivity index (χ0) is 12.8. The van der Waals surface area contributed by atoms with Crippen LogP contribution in [0.2, 0.25) is 0 Å². The molecule has 96 valence electrons. The van der Waals surface area contributed by atoms with E-state index < -0.39 is 0 Å². The van der Waals surface area contributed by atoms with Crippen LogP contribution in [0.1, 0.15) is 58.2 Å². The summed E-state index contributed by atoms with van der Waals surface area (Å²) in [6, 6.07) is 10.0. The van der Waals surface area contributed by atoms with Crippen molar-refractivity contribution in [1.29, 1.82) is 0 Å². The molecule has 0 aliphatic heterocycles. The smallest absolute Gasteiger partial charge is 0.0294 e. The number of aryl methyl sites for hydroxylation is 1. The van der Waals surface area contributed by atoms with Gasteiger partial charge in [-0.15, -0.1) is 0 Å². The molecule has 0 aliphatic carbocycles. The van der Waals surface area contributed by atoms with Crippen LogP contribution >= 0.6 is 0 Å². The van der Waals surface area contributed by atoms with Gasteiger partial charge in [0.2, 0.25) is 0 Å². The molecule has 17 heavy (non-hydrogen) atoms. The van der Waals surface area contributed by atoms with E-state index in [0.29, 0.717) is 18.0 Å². The topological polar surface area (TPSA) is 12.0 Å². The van der Waals surface area contributed by atoms with E-state index in [0.717, 1.165) is 6.42 Å². The first kappa shape index (κ1) is 14.2. The van der Waals surface area contributed by atoms with Crippen LogP contribution in [-0.2, 0) is 6.42 Å². The van der Waals surface area contributed by atoms with Gasteiger partial charge >= 0.3 is 0 Å². The van der Waals surface area contributed by atoms with Crippen LogP contribution in [0.3, 0.4) is 0 Å². The molecule has 1 aromatic rings. The van der Waals surface area contributed by atoms with Crippen LogP contribution in [0, 0.1) is 5.92 Å². The third-order valence-corrected chi connectivity index (χ3v) is 3.60. The molecular weight excluding hydrogens is 206 g/mol. The van der Waals surface area contributed by atoms with Gasteiger partial charge in [0.05, 0.1) is 0 Å². The van der Waals surface area contributed by atoms with Gasteiger partial charge in [-0.05, 0) is 36.8 Å². The highest BCUT2D eigenvalue weighted by Crippen LogP contribution is 2.17. The van der Waals surface area contributed by atoms with Crippen LogP contribution in [0.15, 0.2) is 24.3 Å². The molecule has 0 radical (unpaired) electrons. The summed E-state index contributed by atoms with van der Waals surface area (Å²) in [5.41, 5.74) is 2.80. The summed E-state index contributed by atoms with van der Waals surface area (Å²) in [5, 5.41) is 3.72. The summed E-state index contributed by atoms with van der Waals surface area (Å²) in [5.74, 6) is 0.692. The third-order valence-electron chi connectivity index (χ3n) is 3.60. The molecule has 1 aromatic carbocycles. The van der Waals surface area contributed by atoms with Crippen molar-refractivity contribution in [1.82, 2.24) is 5.32 Å². The molecular formula is C16H27N. The minimum absolute atomic E-state index is 0.438. The largest absolute Gasteiger partial charge is 0.307 e. The van der Waals surface area contributed by atoms with Gasteiger partial charge in [-0.25, -0.2) is 0 Å². The second kappa shape index (κ2) is 6.80. The van der Waals surface area contributed by atoms with Crippen LogP contribution in [0.5, 0.6) is 0 Å². The standard InChI is InChI=1S/C16H27N/c1-6-14-8-10-15(11-9-14)13(5)17-16(7-2)12(3)4/h8-13,16-17H,6-7H2,1-5H3. The summed E-state index contributed by atoms with van der Waals surface area (Å²) in [6.07, 6.45) is 2.31. The van der Waals surface area contributed by atoms with Gasteiger partial charge < -0.3 is 5.32 Å². The molecule has 0 spiro atoms. The average Bonchev–Trinajstić information content (AvgIpc) is 2.35. The zero-order valence-electron chi connectivity index (χ0n) is 12.0. The van der Waals surface area contributed by atoms with E-state index in [2.05, 4.69) is 64.2 Å². The molecule has 1 nitrogen and oxygen atoms in total. The maximum atomic E-state index is 3.72. The fourth-order valence-corrected chi connectivity index (χ4v) is 2.24. The van der Waals surface area contributed by atoms with E-state index in [1.54, 1.807) is 0 Å². The van der Waals surface area contributed by atoms with Crippen molar-refractivity contribution in [3.8, 4) is 0 Å².